The third-order valence-corrected chi connectivity index (χ3v) is 6.55. The summed E-state index contributed by atoms with van der Waals surface area (Å²) in [6, 6.07) is 14.2. The summed E-state index contributed by atoms with van der Waals surface area (Å²) in [5.41, 5.74) is 4.74. The zero-order chi connectivity index (χ0) is 21.2. The molecule has 1 amide bonds. The normalized spacial score (nSPS) is 17.1. The van der Waals surface area contributed by atoms with Gasteiger partial charge in [-0.25, -0.2) is 0 Å². The summed E-state index contributed by atoms with van der Waals surface area (Å²) >= 11 is 0. The van der Waals surface area contributed by atoms with Crippen LogP contribution in [0.25, 0.3) is 22.2 Å². The van der Waals surface area contributed by atoms with Gasteiger partial charge in [-0.3, -0.25) is 4.79 Å². The van der Waals surface area contributed by atoms with E-state index in [9.17, 15) is 9.90 Å². The molecule has 1 saturated heterocycles. The van der Waals surface area contributed by atoms with Crippen molar-refractivity contribution in [2.45, 2.75) is 25.8 Å². The molecule has 3 N–H and O–H groups in total. The Hall–Kier alpha value is -2.83. The zero-order valence-corrected chi connectivity index (χ0v) is 17.7. The van der Waals surface area contributed by atoms with E-state index in [0.717, 1.165) is 77.9 Å². The lowest BCUT2D eigenvalue weighted by Gasteiger charge is -2.30. The topological polar surface area (TPSA) is 77.6 Å². The average Bonchev–Trinajstić information content (AvgIpc) is 3.40. The molecule has 0 saturated carbocycles. The van der Waals surface area contributed by atoms with Gasteiger partial charge in [-0.2, -0.15) is 0 Å². The van der Waals surface area contributed by atoms with Crippen molar-refractivity contribution < 1.29 is 14.6 Å². The summed E-state index contributed by atoms with van der Waals surface area (Å²) in [6.07, 6.45) is 3.18. The van der Waals surface area contributed by atoms with Crippen molar-refractivity contribution in [2.24, 2.45) is 5.92 Å². The van der Waals surface area contributed by atoms with E-state index in [1.807, 2.05) is 30.3 Å². The van der Waals surface area contributed by atoms with Crippen LogP contribution in [0.5, 0.6) is 5.75 Å². The number of nitrogens with one attached hydrogen (secondary N) is 2. The predicted molar refractivity (Wildman–Crippen MR) is 121 cm³/mol. The molecule has 2 aromatic carbocycles. The number of amides is 1. The maximum absolute atomic E-state index is 12.3. The molecule has 2 aliphatic heterocycles. The SMILES string of the molecule is O=C1NCc2cccc(-c3cc4cc(OCCCN5CCC(CO)CC5)ccc4[nH]3)c21. The molecule has 0 aliphatic carbocycles. The zero-order valence-electron chi connectivity index (χ0n) is 17.7. The van der Waals surface area contributed by atoms with Gasteiger partial charge in [-0.15, -0.1) is 0 Å². The molecule has 6 nitrogen and oxygen atoms in total. The van der Waals surface area contributed by atoms with E-state index in [-0.39, 0.29) is 5.91 Å². The first-order valence-electron chi connectivity index (χ1n) is 11.2. The lowest BCUT2D eigenvalue weighted by molar-refractivity contribution is 0.0966. The lowest BCUT2D eigenvalue weighted by Crippen LogP contribution is -2.35. The fourth-order valence-corrected chi connectivity index (χ4v) is 4.72. The number of aliphatic hydroxyl groups excluding tert-OH is 1. The Bertz CT molecular complexity index is 1080. The summed E-state index contributed by atoms with van der Waals surface area (Å²) in [5, 5.41) is 13.2. The third kappa shape index (κ3) is 4.18. The highest BCUT2D eigenvalue weighted by atomic mass is 16.5. The highest BCUT2D eigenvalue weighted by Crippen LogP contribution is 2.32. The van der Waals surface area contributed by atoms with E-state index in [0.29, 0.717) is 25.7 Å². The Morgan fingerprint density at radius 2 is 2.00 bits per heavy atom. The van der Waals surface area contributed by atoms with E-state index >= 15 is 0 Å². The molecule has 3 heterocycles. The number of hydrogen-bond acceptors (Lipinski definition) is 4. The first-order valence-corrected chi connectivity index (χ1v) is 11.2. The minimum atomic E-state index is -0.00568. The van der Waals surface area contributed by atoms with Crippen molar-refractivity contribution >= 4 is 16.8 Å². The van der Waals surface area contributed by atoms with Crippen LogP contribution >= 0.6 is 0 Å². The number of piperidine rings is 1. The van der Waals surface area contributed by atoms with Gasteiger partial charge in [0.05, 0.1) is 12.2 Å². The second kappa shape index (κ2) is 8.73. The maximum Gasteiger partial charge on any atom is 0.252 e. The molecule has 0 atom stereocenters. The number of aromatic nitrogens is 1. The van der Waals surface area contributed by atoms with Crippen LogP contribution in [-0.4, -0.2) is 53.7 Å². The number of carbonyl (C=O) groups is 1. The van der Waals surface area contributed by atoms with Crippen molar-refractivity contribution in [3.63, 3.8) is 0 Å². The van der Waals surface area contributed by atoms with Crippen LogP contribution < -0.4 is 10.1 Å². The van der Waals surface area contributed by atoms with Crippen molar-refractivity contribution in [3.05, 3.63) is 53.6 Å². The van der Waals surface area contributed by atoms with Crippen molar-refractivity contribution in [2.75, 3.05) is 32.8 Å². The molecule has 31 heavy (non-hydrogen) atoms. The smallest absolute Gasteiger partial charge is 0.252 e. The molecule has 0 spiro atoms. The predicted octanol–water partition coefficient (Wildman–Crippen LogP) is 3.55. The van der Waals surface area contributed by atoms with Crippen LogP contribution in [0.3, 0.4) is 0 Å². The van der Waals surface area contributed by atoms with Gasteiger partial charge in [0.2, 0.25) is 0 Å². The van der Waals surface area contributed by atoms with Crippen molar-refractivity contribution in [3.8, 4) is 17.0 Å². The van der Waals surface area contributed by atoms with Gasteiger partial charge in [0.25, 0.3) is 5.91 Å². The minimum absolute atomic E-state index is 0.00568. The summed E-state index contributed by atoms with van der Waals surface area (Å²) in [5.74, 6) is 1.35. The Labute approximate surface area is 182 Å². The number of ether oxygens (including phenoxy) is 1. The van der Waals surface area contributed by atoms with E-state index in [2.05, 4.69) is 27.3 Å². The number of hydrogen-bond donors (Lipinski definition) is 3. The number of H-pyrrole nitrogens is 1. The number of fused-ring (bicyclic) bond motifs is 2. The molecule has 2 aliphatic rings. The Morgan fingerprint density at radius 1 is 1.13 bits per heavy atom. The van der Waals surface area contributed by atoms with E-state index < -0.39 is 0 Å². The van der Waals surface area contributed by atoms with Gasteiger partial charge < -0.3 is 25.0 Å². The average molecular weight is 420 g/mol. The Morgan fingerprint density at radius 3 is 2.84 bits per heavy atom. The van der Waals surface area contributed by atoms with Gasteiger partial charge in [-0.05, 0) is 68.1 Å². The largest absolute Gasteiger partial charge is 0.494 e. The summed E-state index contributed by atoms with van der Waals surface area (Å²) in [7, 11) is 0. The number of aromatic amines is 1. The maximum atomic E-state index is 12.3. The highest BCUT2D eigenvalue weighted by molar-refractivity contribution is 6.05. The minimum Gasteiger partial charge on any atom is -0.494 e. The molecule has 6 heteroatoms. The second-order valence-electron chi connectivity index (χ2n) is 8.62. The molecule has 0 unspecified atom stereocenters. The van der Waals surface area contributed by atoms with Crippen molar-refractivity contribution in [1.82, 2.24) is 15.2 Å². The molecule has 1 aromatic heterocycles. The van der Waals surface area contributed by atoms with E-state index in [1.165, 1.54) is 0 Å². The standard InChI is InChI=1S/C25H29N3O3/c29-16-17-7-10-28(11-8-17)9-2-12-31-20-5-6-22-19(13-20)14-23(27-22)21-4-1-3-18-15-26-25(30)24(18)21/h1,3-6,13-14,17,27,29H,2,7-12,15-16H2,(H,26,30). The van der Waals surface area contributed by atoms with Crippen LogP contribution in [0.1, 0.15) is 35.2 Å². The second-order valence-corrected chi connectivity index (χ2v) is 8.62. The van der Waals surface area contributed by atoms with Gasteiger partial charge in [0, 0.05) is 41.9 Å². The van der Waals surface area contributed by atoms with Crippen molar-refractivity contribution in [1.29, 1.82) is 0 Å². The van der Waals surface area contributed by atoms with Crippen LogP contribution in [0, 0.1) is 5.92 Å². The highest BCUT2D eigenvalue weighted by Gasteiger charge is 2.23. The molecule has 3 aromatic rings. The van der Waals surface area contributed by atoms with Crippen LogP contribution in [-0.2, 0) is 6.54 Å². The van der Waals surface area contributed by atoms with Crippen LogP contribution in [0.4, 0.5) is 0 Å². The first kappa shape index (κ1) is 20.1. The molecular formula is C25H29N3O3. The summed E-state index contributed by atoms with van der Waals surface area (Å²) < 4.78 is 6.01. The van der Waals surface area contributed by atoms with E-state index in [4.69, 9.17) is 4.74 Å². The fraction of sp³-hybridized carbons (Fsp3) is 0.400. The van der Waals surface area contributed by atoms with E-state index in [1.54, 1.807) is 0 Å². The molecule has 162 valence electrons. The van der Waals surface area contributed by atoms with Gasteiger partial charge in [-0.1, -0.05) is 18.2 Å². The van der Waals surface area contributed by atoms with Gasteiger partial charge in [0.15, 0.2) is 0 Å². The lowest BCUT2D eigenvalue weighted by atomic mass is 9.98. The first-order chi connectivity index (χ1) is 15.2. The number of rotatable bonds is 7. The van der Waals surface area contributed by atoms with Crippen LogP contribution in [0.2, 0.25) is 0 Å². The number of aliphatic hydroxyl groups is 1. The summed E-state index contributed by atoms with van der Waals surface area (Å²) in [4.78, 5) is 18.2. The van der Waals surface area contributed by atoms with Crippen LogP contribution in [0.15, 0.2) is 42.5 Å². The number of likely N-dealkylation sites (tertiary alicyclic amines) is 1. The molecule has 0 bridgehead atoms. The summed E-state index contributed by atoms with van der Waals surface area (Å²) in [6.45, 7) is 4.79. The van der Waals surface area contributed by atoms with Gasteiger partial charge >= 0.3 is 0 Å². The van der Waals surface area contributed by atoms with Gasteiger partial charge in [0.1, 0.15) is 5.75 Å². The molecule has 1 fully saturated rings. The Balaban J connectivity index is 1.22. The number of nitrogens with zero attached hydrogens (tertiary/aromatic N) is 1. The number of carbonyl (C=O) groups excluding carboxylic acids is 1. The quantitative estimate of drug-likeness (QED) is 0.512. The molecule has 0 radical (unpaired) electrons. The fourth-order valence-electron chi connectivity index (χ4n) is 4.72. The third-order valence-electron chi connectivity index (χ3n) is 6.55. The number of benzene rings is 2. The Kier molecular flexibility index (Phi) is 5.66. The molecular weight excluding hydrogens is 390 g/mol. The molecule has 5 rings (SSSR count). The monoisotopic (exact) mass is 419 g/mol.